The van der Waals surface area contributed by atoms with Crippen molar-refractivity contribution in [2.45, 2.75) is 0 Å². The van der Waals surface area contributed by atoms with E-state index < -0.39 is 0 Å². The number of anilines is 6. The lowest BCUT2D eigenvalue weighted by Crippen LogP contribution is -2.12. The molecule has 0 heterocycles. The summed E-state index contributed by atoms with van der Waals surface area (Å²) in [5.41, 5.74) is 6.73. The van der Waals surface area contributed by atoms with Gasteiger partial charge in [0.25, 0.3) is 0 Å². The molecule has 10 rings (SSSR count). The summed E-state index contributed by atoms with van der Waals surface area (Å²) in [6, 6.07) is 75.0. The quantitative estimate of drug-likeness (QED) is 0.175. The van der Waals surface area contributed by atoms with E-state index in [1.165, 1.54) is 53.9 Å². The Kier molecular flexibility index (Phi) is 7.18. The Morgan fingerprint density at radius 3 is 0.769 bits per heavy atom. The Bertz CT molecular complexity index is 2580. The van der Waals surface area contributed by atoms with Gasteiger partial charge >= 0.3 is 0 Å². The monoisotopic (exact) mass is 662 g/mol. The van der Waals surface area contributed by atoms with Crippen LogP contribution in [0.4, 0.5) is 34.1 Å². The molecule has 10 aromatic carbocycles. The summed E-state index contributed by atoms with van der Waals surface area (Å²) in [4.78, 5) is 4.84. The second kappa shape index (κ2) is 12.5. The smallest absolute Gasteiger partial charge is 0.0540 e. The van der Waals surface area contributed by atoms with Crippen LogP contribution >= 0.6 is 0 Å². The third-order valence-corrected chi connectivity index (χ3v) is 10.3. The lowest BCUT2D eigenvalue weighted by atomic mass is 10.0. The highest BCUT2D eigenvalue weighted by Crippen LogP contribution is 2.45. The molecule has 0 amide bonds. The highest BCUT2D eigenvalue weighted by atomic mass is 15.2. The van der Waals surface area contributed by atoms with Gasteiger partial charge in [-0.3, -0.25) is 0 Å². The molecule has 10 aromatic rings. The molecule has 0 spiro atoms. The number of hydrogen-bond acceptors (Lipinski definition) is 2. The molecule has 0 fully saturated rings. The second-order valence-electron chi connectivity index (χ2n) is 13.4. The van der Waals surface area contributed by atoms with Gasteiger partial charge in [0.15, 0.2) is 0 Å². The number of rotatable bonds is 6. The number of nitrogens with zero attached hydrogens (tertiary/aromatic N) is 2. The van der Waals surface area contributed by atoms with Gasteiger partial charge in [-0.25, -0.2) is 0 Å². The van der Waals surface area contributed by atoms with Gasteiger partial charge in [0.2, 0.25) is 0 Å². The molecule has 2 heteroatoms. The van der Waals surface area contributed by atoms with Crippen LogP contribution in [-0.4, -0.2) is 0 Å². The van der Waals surface area contributed by atoms with Gasteiger partial charge in [-0.05, 0) is 104 Å². The van der Waals surface area contributed by atoms with Crippen LogP contribution in [0.25, 0.3) is 53.9 Å². The van der Waals surface area contributed by atoms with Crippen LogP contribution in [0.15, 0.2) is 206 Å². The van der Waals surface area contributed by atoms with Gasteiger partial charge in [0.1, 0.15) is 0 Å². The number of benzene rings is 10. The summed E-state index contributed by atoms with van der Waals surface area (Å²) in [6.45, 7) is 0. The SMILES string of the molecule is c1ccc2cc(N(c3ccc4ccccc4c3)c3cccc4c(N(c5ccc6ccccc6c5)c5ccc6ccccc6c5)cccc34)ccc2c1. The van der Waals surface area contributed by atoms with Gasteiger partial charge in [0, 0.05) is 33.5 Å². The van der Waals surface area contributed by atoms with E-state index >= 15 is 0 Å². The van der Waals surface area contributed by atoms with E-state index in [-0.39, 0.29) is 0 Å². The van der Waals surface area contributed by atoms with Crippen LogP contribution in [-0.2, 0) is 0 Å². The maximum Gasteiger partial charge on any atom is 0.0540 e. The van der Waals surface area contributed by atoms with Crippen molar-refractivity contribution in [2.24, 2.45) is 0 Å². The van der Waals surface area contributed by atoms with Crippen LogP contribution in [0, 0.1) is 0 Å². The zero-order chi connectivity index (χ0) is 34.4. The molecule has 2 nitrogen and oxygen atoms in total. The zero-order valence-electron chi connectivity index (χ0n) is 28.5. The molecule has 0 bridgehead atoms. The molecule has 0 saturated carbocycles. The van der Waals surface area contributed by atoms with E-state index in [2.05, 4.69) is 216 Å². The summed E-state index contributed by atoms with van der Waals surface area (Å²) >= 11 is 0. The van der Waals surface area contributed by atoms with Crippen LogP contribution in [0.3, 0.4) is 0 Å². The molecule has 0 atom stereocenters. The fourth-order valence-electron chi connectivity index (χ4n) is 7.78. The standard InChI is InChI=1S/C50H34N2/c1-5-15-39-31-43(27-23-35(39)11-1)51(44-28-24-36-12-2-6-16-40(36)32-44)49-21-9-20-48-47(49)19-10-22-50(48)52(45-29-25-37-13-3-7-17-41(37)33-45)46-30-26-38-14-4-8-18-42(38)34-46/h1-34H. The first-order chi connectivity index (χ1) is 25.8. The number of fused-ring (bicyclic) bond motifs is 5. The fourth-order valence-corrected chi connectivity index (χ4v) is 7.78. The van der Waals surface area contributed by atoms with Gasteiger partial charge < -0.3 is 9.80 Å². The van der Waals surface area contributed by atoms with E-state index in [0.717, 1.165) is 34.1 Å². The van der Waals surface area contributed by atoms with Crippen molar-refractivity contribution < 1.29 is 0 Å². The Balaban J connectivity index is 1.22. The van der Waals surface area contributed by atoms with Crippen molar-refractivity contribution in [2.75, 3.05) is 9.80 Å². The van der Waals surface area contributed by atoms with Crippen molar-refractivity contribution in [1.82, 2.24) is 0 Å². The van der Waals surface area contributed by atoms with Crippen molar-refractivity contribution in [1.29, 1.82) is 0 Å². The first-order valence-electron chi connectivity index (χ1n) is 17.8. The summed E-state index contributed by atoms with van der Waals surface area (Å²) in [6.07, 6.45) is 0. The highest BCUT2D eigenvalue weighted by molar-refractivity contribution is 6.08. The summed E-state index contributed by atoms with van der Waals surface area (Å²) in [5.74, 6) is 0. The molecule has 0 aliphatic carbocycles. The van der Waals surface area contributed by atoms with Crippen molar-refractivity contribution >= 4 is 88.0 Å². The Labute approximate surface area is 303 Å². The molecule has 0 aliphatic heterocycles. The van der Waals surface area contributed by atoms with E-state index in [9.17, 15) is 0 Å². The van der Waals surface area contributed by atoms with E-state index in [1.54, 1.807) is 0 Å². The largest absolute Gasteiger partial charge is 0.310 e. The maximum absolute atomic E-state index is 2.42. The molecule has 0 N–H and O–H groups in total. The predicted octanol–water partition coefficient (Wildman–Crippen LogP) is 14.4. The Hall–Kier alpha value is -6.90. The van der Waals surface area contributed by atoms with Gasteiger partial charge in [-0.2, -0.15) is 0 Å². The zero-order valence-corrected chi connectivity index (χ0v) is 28.5. The first kappa shape index (κ1) is 30.0. The van der Waals surface area contributed by atoms with Crippen LogP contribution < -0.4 is 9.80 Å². The molecule has 0 saturated heterocycles. The molecule has 244 valence electrons. The van der Waals surface area contributed by atoms with E-state index in [0.29, 0.717) is 0 Å². The van der Waals surface area contributed by atoms with E-state index in [1.807, 2.05) is 0 Å². The average molecular weight is 663 g/mol. The second-order valence-corrected chi connectivity index (χ2v) is 13.4. The average Bonchev–Trinajstić information content (AvgIpc) is 3.21. The summed E-state index contributed by atoms with van der Waals surface area (Å²) in [7, 11) is 0. The van der Waals surface area contributed by atoms with Gasteiger partial charge in [-0.1, -0.05) is 146 Å². The van der Waals surface area contributed by atoms with Crippen molar-refractivity contribution in [3.05, 3.63) is 206 Å². The number of hydrogen-bond donors (Lipinski definition) is 0. The normalized spacial score (nSPS) is 11.5. The molecular weight excluding hydrogens is 629 g/mol. The van der Waals surface area contributed by atoms with Gasteiger partial charge in [0.05, 0.1) is 11.4 Å². The molecule has 0 radical (unpaired) electrons. The fraction of sp³-hybridized carbons (Fsp3) is 0. The van der Waals surface area contributed by atoms with Crippen LogP contribution in [0.2, 0.25) is 0 Å². The Morgan fingerprint density at radius 1 is 0.212 bits per heavy atom. The minimum atomic E-state index is 1.12. The molecule has 52 heavy (non-hydrogen) atoms. The third kappa shape index (κ3) is 5.21. The van der Waals surface area contributed by atoms with Crippen molar-refractivity contribution in [3.8, 4) is 0 Å². The molecular formula is C50H34N2. The van der Waals surface area contributed by atoms with Crippen LogP contribution in [0.5, 0.6) is 0 Å². The topological polar surface area (TPSA) is 6.48 Å². The lowest BCUT2D eigenvalue weighted by molar-refractivity contribution is 1.30. The lowest BCUT2D eigenvalue weighted by Gasteiger charge is -2.30. The Morgan fingerprint density at radius 2 is 0.481 bits per heavy atom. The summed E-state index contributed by atoms with van der Waals surface area (Å²) < 4.78 is 0. The van der Waals surface area contributed by atoms with Crippen LogP contribution in [0.1, 0.15) is 0 Å². The van der Waals surface area contributed by atoms with Crippen molar-refractivity contribution in [3.63, 3.8) is 0 Å². The molecule has 0 unspecified atom stereocenters. The van der Waals surface area contributed by atoms with E-state index in [4.69, 9.17) is 0 Å². The highest BCUT2D eigenvalue weighted by Gasteiger charge is 2.21. The molecule has 0 aromatic heterocycles. The first-order valence-corrected chi connectivity index (χ1v) is 17.8. The predicted molar refractivity (Wildman–Crippen MR) is 223 cm³/mol. The molecule has 0 aliphatic rings. The van der Waals surface area contributed by atoms with Gasteiger partial charge in [-0.15, -0.1) is 0 Å². The third-order valence-electron chi connectivity index (χ3n) is 10.3. The maximum atomic E-state index is 2.42. The minimum Gasteiger partial charge on any atom is -0.310 e. The summed E-state index contributed by atoms with van der Waals surface area (Å²) in [5, 5.41) is 12.1. The minimum absolute atomic E-state index is 1.12.